The predicted molar refractivity (Wildman–Crippen MR) is 298 cm³/mol. The summed E-state index contributed by atoms with van der Waals surface area (Å²) >= 11 is 0. The first-order chi connectivity index (χ1) is 34.7. The van der Waals surface area contributed by atoms with E-state index in [0.29, 0.717) is 50.8 Å². The van der Waals surface area contributed by atoms with Crippen molar-refractivity contribution in [3.63, 3.8) is 0 Å². The highest BCUT2D eigenvalue weighted by atomic mass is 16.5. The number of nitrogen functional groups attached to an aromatic ring is 2. The normalized spacial score (nSPS) is 11.1. The third-order valence-electron chi connectivity index (χ3n) is 10.8. The maximum Gasteiger partial charge on any atom is 0.343 e. The van der Waals surface area contributed by atoms with Gasteiger partial charge >= 0.3 is 17.9 Å². The summed E-state index contributed by atoms with van der Waals surface area (Å²) in [5, 5.41) is 16.7. The van der Waals surface area contributed by atoms with Gasteiger partial charge in [0.2, 0.25) is 0 Å². The van der Waals surface area contributed by atoms with E-state index in [2.05, 4.69) is 67.3 Å². The molecule has 0 radical (unpaired) electrons. The van der Waals surface area contributed by atoms with Crippen LogP contribution in [0.1, 0.15) is 121 Å². The van der Waals surface area contributed by atoms with Gasteiger partial charge in [0.1, 0.15) is 28.9 Å². The average Bonchev–Trinajstić information content (AvgIpc) is 3.31. The number of fused-ring (bicyclic) bond motifs is 1. The molecule has 0 amide bonds. The van der Waals surface area contributed by atoms with Gasteiger partial charge in [-0.2, -0.15) is 0 Å². The van der Waals surface area contributed by atoms with Crippen molar-refractivity contribution in [2.45, 2.75) is 81.6 Å². The maximum atomic E-state index is 12.4. The molecule has 13 nitrogen and oxygen atoms in total. The van der Waals surface area contributed by atoms with Crippen molar-refractivity contribution in [3.05, 3.63) is 202 Å². The molecule has 384 valence electrons. The van der Waals surface area contributed by atoms with Gasteiger partial charge in [-0.05, 0) is 166 Å². The zero-order valence-electron chi connectivity index (χ0n) is 43.8. The molecule has 0 fully saturated rings. The molecule has 0 aromatic heterocycles. The van der Waals surface area contributed by atoms with Crippen molar-refractivity contribution in [3.8, 4) is 17.2 Å². The molecule has 7 aromatic rings. The summed E-state index contributed by atoms with van der Waals surface area (Å²) < 4.78 is 16.2. The Balaban J connectivity index is 0.000000206. The molecular weight excluding hydrogens is 927 g/mol. The van der Waals surface area contributed by atoms with Gasteiger partial charge in [0.25, 0.3) is 0 Å². The van der Waals surface area contributed by atoms with Crippen molar-refractivity contribution < 1.29 is 28.6 Å². The molecule has 7 aromatic carbocycles. The number of nitrogens with zero attached hydrogens (tertiary/aromatic N) is 1. The third kappa shape index (κ3) is 18.9. The number of hydrogen-bond donors (Lipinski definition) is 6. The first-order valence-corrected chi connectivity index (χ1v) is 24.1. The van der Waals surface area contributed by atoms with Crippen LogP contribution >= 0.6 is 0 Å². The lowest BCUT2D eigenvalue weighted by Crippen LogP contribution is -2.21. The Hall–Kier alpha value is -8.58. The van der Waals surface area contributed by atoms with Crippen LogP contribution in [0.15, 0.2) is 163 Å². The lowest BCUT2D eigenvalue weighted by atomic mass is 9.88. The van der Waals surface area contributed by atoms with Crippen LogP contribution in [0.3, 0.4) is 0 Å². The third-order valence-corrected chi connectivity index (χ3v) is 10.8. The largest absolute Gasteiger partial charge is 0.423 e. The molecule has 0 aliphatic carbocycles. The summed E-state index contributed by atoms with van der Waals surface area (Å²) in [7, 11) is 0. The summed E-state index contributed by atoms with van der Waals surface area (Å²) in [5.41, 5.74) is 29.2. The van der Waals surface area contributed by atoms with Gasteiger partial charge in [0.15, 0.2) is 5.96 Å². The van der Waals surface area contributed by atoms with E-state index in [1.54, 1.807) is 84.9 Å². The van der Waals surface area contributed by atoms with E-state index >= 15 is 0 Å². The number of ether oxygens (including phenoxy) is 3. The quantitative estimate of drug-likeness (QED) is 0.0293. The van der Waals surface area contributed by atoms with Gasteiger partial charge in [-0.3, -0.25) is 10.8 Å². The minimum atomic E-state index is -0.400. The lowest BCUT2D eigenvalue weighted by Gasteiger charge is -2.18. The topological polar surface area (TPSA) is 243 Å². The van der Waals surface area contributed by atoms with Crippen LogP contribution in [-0.4, -0.2) is 35.5 Å². The molecule has 7 rings (SSSR count). The molecule has 0 spiro atoms. The molecular formula is C61H69N7O6. The number of rotatable bonds is 12. The Morgan fingerprint density at radius 1 is 0.392 bits per heavy atom. The second-order valence-corrected chi connectivity index (χ2v) is 21.6. The SMILES string of the molecule is CC(C)(C)Cc1ccc(C(=O)Oc2ccc(C(=N)N)cc2)cc1.CC(C)(C)Cc1ccc(C(=O)Oc2ccc(N=C(N)N)cc2)cc1.CC(C)(C)Cc1ccc(C(=O)Oc2ccc3cc(C(=N)N)ccc3c2)cc1. The van der Waals surface area contributed by atoms with Crippen LogP contribution in [0.2, 0.25) is 0 Å². The molecule has 0 aliphatic heterocycles. The molecule has 0 heterocycles. The first-order valence-electron chi connectivity index (χ1n) is 24.1. The van der Waals surface area contributed by atoms with Crippen LogP contribution in [0.25, 0.3) is 10.8 Å². The summed E-state index contributed by atoms with van der Waals surface area (Å²) in [6.45, 7) is 19.7. The Bertz CT molecular complexity index is 3090. The standard InChI is InChI=1S/C23H24N2O2.C19H23N3O2.C19H22N2O2/c1-23(2,3)14-15-4-6-16(7-5-15)22(26)27-20-11-10-17-12-19(21(24)25)9-8-18(17)13-20;1-19(2,3)12-13-4-6-14(7-5-13)17(23)24-16-10-8-15(9-11-16)22-18(20)21;1-19(2,3)12-13-4-6-15(7-5-13)18(22)23-16-10-8-14(9-11-16)17(20)21/h4-13H,14H2,1-3H3,(H3,24,25);4-11H,12H2,1-3H3,(H4,20,21,22);4-11H,12H2,1-3H3,(H3,20,21). The Kier molecular flexibility index (Phi) is 18.8. The summed E-state index contributed by atoms with van der Waals surface area (Å²) in [6.07, 6.45) is 2.86. The van der Waals surface area contributed by atoms with Crippen molar-refractivity contribution in [1.29, 1.82) is 10.8 Å². The monoisotopic (exact) mass is 996 g/mol. The Labute approximate surface area is 435 Å². The smallest absolute Gasteiger partial charge is 0.343 e. The molecule has 74 heavy (non-hydrogen) atoms. The van der Waals surface area contributed by atoms with E-state index in [4.69, 9.17) is 48.0 Å². The van der Waals surface area contributed by atoms with Crippen LogP contribution in [0.5, 0.6) is 17.2 Å². The van der Waals surface area contributed by atoms with Gasteiger partial charge in [-0.15, -0.1) is 0 Å². The highest BCUT2D eigenvalue weighted by molar-refractivity contribution is 6.00. The van der Waals surface area contributed by atoms with Crippen molar-refractivity contribution in [2.24, 2.45) is 44.2 Å². The Morgan fingerprint density at radius 3 is 1.04 bits per heavy atom. The van der Waals surface area contributed by atoms with Crippen LogP contribution < -0.4 is 37.1 Å². The van der Waals surface area contributed by atoms with Crippen molar-refractivity contribution in [1.82, 2.24) is 0 Å². The number of carbonyl (C=O) groups is 3. The van der Waals surface area contributed by atoms with E-state index in [-0.39, 0.29) is 39.8 Å². The lowest BCUT2D eigenvalue weighted by molar-refractivity contribution is 0.0725. The number of nitrogens with one attached hydrogen (secondary N) is 2. The van der Waals surface area contributed by atoms with Crippen LogP contribution in [0.4, 0.5) is 5.69 Å². The van der Waals surface area contributed by atoms with Crippen LogP contribution in [0, 0.1) is 27.1 Å². The van der Waals surface area contributed by atoms with E-state index < -0.39 is 11.9 Å². The summed E-state index contributed by atoms with van der Waals surface area (Å²) in [4.78, 5) is 40.7. The molecule has 0 unspecified atom stereocenters. The molecule has 0 saturated carbocycles. The van der Waals surface area contributed by atoms with Gasteiger partial charge in [-0.1, -0.05) is 117 Å². The zero-order valence-corrected chi connectivity index (χ0v) is 43.8. The first kappa shape index (κ1) is 56.3. The van der Waals surface area contributed by atoms with Gasteiger partial charge in [0, 0.05) is 11.1 Å². The zero-order chi connectivity index (χ0) is 54.4. The molecule has 0 bridgehead atoms. The fourth-order valence-electron chi connectivity index (χ4n) is 7.51. The minimum absolute atomic E-state index is 0.0164. The van der Waals surface area contributed by atoms with Gasteiger partial charge in [-0.25, -0.2) is 19.4 Å². The molecule has 0 saturated heterocycles. The van der Waals surface area contributed by atoms with Gasteiger partial charge < -0.3 is 37.1 Å². The Morgan fingerprint density at radius 2 is 0.689 bits per heavy atom. The minimum Gasteiger partial charge on any atom is -0.423 e. The van der Waals surface area contributed by atoms with E-state index in [0.717, 1.165) is 30.0 Å². The fraction of sp³-hybridized carbons (Fsp3) is 0.246. The highest BCUT2D eigenvalue weighted by Crippen LogP contribution is 2.26. The second kappa shape index (κ2) is 24.7. The van der Waals surface area contributed by atoms with Crippen molar-refractivity contribution in [2.75, 3.05) is 0 Å². The maximum absolute atomic E-state index is 12.4. The summed E-state index contributed by atoms with van der Waals surface area (Å²) in [5.74, 6) is 0.176. The average molecular weight is 996 g/mol. The number of nitrogens with two attached hydrogens (primary N) is 4. The number of hydrogen-bond acceptors (Lipinski definition) is 9. The number of carbonyl (C=O) groups excluding carboxylic acids is 3. The van der Waals surface area contributed by atoms with E-state index in [1.165, 1.54) is 16.7 Å². The van der Waals surface area contributed by atoms with E-state index in [1.807, 2.05) is 72.8 Å². The van der Waals surface area contributed by atoms with Crippen molar-refractivity contribution >= 4 is 52.0 Å². The highest BCUT2D eigenvalue weighted by Gasteiger charge is 2.17. The number of esters is 3. The predicted octanol–water partition coefficient (Wildman–Crippen LogP) is 12.1. The summed E-state index contributed by atoms with van der Waals surface area (Å²) in [6, 6.07) is 46.7. The fourth-order valence-corrected chi connectivity index (χ4v) is 7.51. The second-order valence-electron chi connectivity index (χ2n) is 21.6. The molecule has 0 aliphatic rings. The van der Waals surface area contributed by atoms with Crippen LogP contribution in [-0.2, 0) is 19.3 Å². The number of guanidine groups is 1. The van der Waals surface area contributed by atoms with E-state index in [9.17, 15) is 14.4 Å². The molecule has 0 atom stereocenters. The molecule has 13 heteroatoms. The molecule has 10 N–H and O–H groups in total. The number of amidine groups is 2. The number of benzene rings is 7. The number of aliphatic imine (C=N–C) groups is 1. The van der Waals surface area contributed by atoms with Gasteiger partial charge in [0.05, 0.1) is 22.4 Å².